The Labute approximate surface area is 111 Å². The fraction of sp³-hybridized carbons (Fsp3) is 0.143. The maximum absolute atomic E-state index is 10.6. The Morgan fingerprint density at radius 1 is 1.16 bits per heavy atom. The first-order chi connectivity index (χ1) is 9.15. The summed E-state index contributed by atoms with van der Waals surface area (Å²) in [5, 5.41) is 13.8. The van der Waals surface area contributed by atoms with E-state index in [4.69, 9.17) is 5.73 Å². The molecule has 0 heterocycles. The fourth-order valence-electron chi connectivity index (χ4n) is 1.76. The number of hydrogen-bond acceptors (Lipinski definition) is 4. The number of nitrogens with two attached hydrogens (primary N) is 1. The van der Waals surface area contributed by atoms with Crippen LogP contribution in [0.15, 0.2) is 48.5 Å². The number of hydrogen-bond donors (Lipinski definition) is 2. The van der Waals surface area contributed by atoms with Crippen LogP contribution < -0.4 is 11.1 Å². The lowest BCUT2D eigenvalue weighted by atomic mass is 10.1. The van der Waals surface area contributed by atoms with Gasteiger partial charge in [-0.3, -0.25) is 10.1 Å². The maximum Gasteiger partial charge on any atom is 0.271 e. The molecule has 0 amide bonds. The highest BCUT2D eigenvalue weighted by atomic mass is 16.6. The van der Waals surface area contributed by atoms with Gasteiger partial charge in [0.05, 0.1) is 4.92 Å². The molecule has 0 atom stereocenters. The minimum atomic E-state index is -0.398. The number of non-ortho nitro benzene ring substituents is 1. The van der Waals surface area contributed by atoms with Crippen molar-refractivity contribution in [3.8, 4) is 0 Å². The molecule has 0 aromatic heterocycles. The number of nitro benzene ring substituents is 1. The Balaban J connectivity index is 1.90. The molecule has 0 saturated heterocycles. The van der Waals surface area contributed by atoms with E-state index < -0.39 is 4.92 Å². The van der Waals surface area contributed by atoms with E-state index in [1.165, 1.54) is 17.7 Å². The zero-order valence-corrected chi connectivity index (χ0v) is 10.4. The summed E-state index contributed by atoms with van der Waals surface area (Å²) in [4.78, 5) is 10.2. The SMILES string of the molecule is Nc1ccc(CCNc2cccc([N+](=O)[O-])c2)cc1. The van der Waals surface area contributed by atoms with Gasteiger partial charge in [-0.15, -0.1) is 0 Å². The van der Waals surface area contributed by atoms with E-state index in [9.17, 15) is 10.1 Å². The van der Waals surface area contributed by atoms with Gasteiger partial charge in [0.2, 0.25) is 0 Å². The van der Waals surface area contributed by atoms with Gasteiger partial charge in [-0.05, 0) is 30.2 Å². The zero-order chi connectivity index (χ0) is 13.7. The summed E-state index contributed by atoms with van der Waals surface area (Å²) in [6.45, 7) is 0.713. The van der Waals surface area contributed by atoms with Crippen molar-refractivity contribution in [3.05, 3.63) is 64.2 Å². The van der Waals surface area contributed by atoms with Crippen LogP contribution in [0.4, 0.5) is 17.1 Å². The third kappa shape index (κ3) is 3.70. The molecule has 2 aromatic carbocycles. The van der Waals surface area contributed by atoms with E-state index in [-0.39, 0.29) is 5.69 Å². The topological polar surface area (TPSA) is 81.2 Å². The van der Waals surface area contributed by atoms with Crippen molar-refractivity contribution < 1.29 is 4.92 Å². The molecule has 5 heteroatoms. The van der Waals surface area contributed by atoms with Gasteiger partial charge < -0.3 is 11.1 Å². The van der Waals surface area contributed by atoms with Gasteiger partial charge in [0.25, 0.3) is 5.69 Å². The largest absolute Gasteiger partial charge is 0.399 e. The molecule has 0 aliphatic rings. The van der Waals surface area contributed by atoms with Gasteiger partial charge in [-0.2, -0.15) is 0 Å². The molecule has 2 rings (SSSR count). The highest BCUT2D eigenvalue weighted by Crippen LogP contribution is 2.17. The number of nitrogens with one attached hydrogen (secondary N) is 1. The summed E-state index contributed by atoms with van der Waals surface area (Å²) in [5.74, 6) is 0. The van der Waals surface area contributed by atoms with E-state index >= 15 is 0 Å². The number of rotatable bonds is 5. The van der Waals surface area contributed by atoms with Gasteiger partial charge >= 0.3 is 0 Å². The van der Waals surface area contributed by atoms with Crippen LogP contribution in [0.1, 0.15) is 5.56 Å². The highest BCUT2D eigenvalue weighted by molar-refractivity contribution is 5.51. The summed E-state index contributed by atoms with van der Waals surface area (Å²) < 4.78 is 0. The first-order valence-corrected chi connectivity index (χ1v) is 5.98. The van der Waals surface area contributed by atoms with Crippen LogP contribution in [0, 0.1) is 10.1 Å². The predicted molar refractivity (Wildman–Crippen MR) is 76.1 cm³/mol. The minimum Gasteiger partial charge on any atom is -0.399 e. The Morgan fingerprint density at radius 2 is 1.89 bits per heavy atom. The molecule has 0 radical (unpaired) electrons. The molecule has 0 bridgehead atoms. The van der Waals surface area contributed by atoms with Crippen LogP contribution >= 0.6 is 0 Å². The van der Waals surface area contributed by atoms with Gasteiger partial charge in [0.1, 0.15) is 0 Å². The van der Waals surface area contributed by atoms with E-state index in [1.54, 1.807) is 6.07 Å². The second kappa shape index (κ2) is 5.86. The van der Waals surface area contributed by atoms with Crippen molar-refractivity contribution in [2.24, 2.45) is 0 Å². The average molecular weight is 257 g/mol. The van der Waals surface area contributed by atoms with E-state index in [2.05, 4.69) is 5.32 Å². The lowest BCUT2D eigenvalue weighted by Crippen LogP contribution is -2.05. The Kier molecular flexibility index (Phi) is 3.97. The lowest BCUT2D eigenvalue weighted by Gasteiger charge is -2.06. The molecule has 0 aliphatic carbocycles. The van der Waals surface area contributed by atoms with Crippen LogP contribution in [-0.4, -0.2) is 11.5 Å². The molecule has 0 unspecified atom stereocenters. The standard InChI is InChI=1S/C14H15N3O2/c15-12-6-4-11(5-7-12)8-9-16-13-2-1-3-14(10-13)17(18)19/h1-7,10,16H,8-9,15H2. The van der Waals surface area contributed by atoms with Crippen LogP contribution in [0.3, 0.4) is 0 Å². The molecular formula is C14H15N3O2. The molecule has 2 aromatic rings. The number of nitrogen functional groups attached to an aromatic ring is 1. The van der Waals surface area contributed by atoms with Gasteiger partial charge in [0.15, 0.2) is 0 Å². The Bertz CT molecular complexity index is 567. The molecule has 98 valence electrons. The van der Waals surface area contributed by atoms with E-state index in [0.29, 0.717) is 6.54 Å². The normalized spacial score (nSPS) is 10.1. The second-order valence-electron chi connectivity index (χ2n) is 4.23. The molecule has 3 N–H and O–H groups in total. The Morgan fingerprint density at radius 3 is 2.58 bits per heavy atom. The molecule has 5 nitrogen and oxygen atoms in total. The van der Waals surface area contributed by atoms with Crippen LogP contribution in [0.2, 0.25) is 0 Å². The molecule has 0 spiro atoms. The van der Waals surface area contributed by atoms with E-state index in [1.807, 2.05) is 30.3 Å². The third-order valence-electron chi connectivity index (χ3n) is 2.78. The molecule has 0 saturated carbocycles. The molecular weight excluding hydrogens is 242 g/mol. The van der Waals surface area contributed by atoms with Crippen molar-refractivity contribution in [3.63, 3.8) is 0 Å². The van der Waals surface area contributed by atoms with Crippen molar-refractivity contribution in [1.82, 2.24) is 0 Å². The predicted octanol–water partition coefficient (Wildman–Crippen LogP) is 2.83. The summed E-state index contributed by atoms with van der Waals surface area (Å²) in [7, 11) is 0. The first kappa shape index (κ1) is 12.9. The summed E-state index contributed by atoms with van der Waals surface area (Å²) in [6.07, 6.45) is 0.836. The number of nitrogens with zero attached hydrogens (tertiary/aromatic N) is 1. The summed E-state index contributed by atoms with van der Waals surface area (Å²) in [5.41, 5.74) is 8.38. The van der Waals surface area contributed by atoms with Gasteiger partial charge in [-0.1, -0.05) is 18.2 Å². The van der Waals surface area contributed by atoms with Crippen molar-refractivity contribution in [1.29, 1.82) is 0 Å². The Hall–Kier alpha value is -2.56. The molecule has 19 heavy (non-hydrogen) atoms. The quantitative estimate of drug-likeness (QED) is 0.490. The molecule has 0 fully saturated rings. The summed E-state index contributed by atoms with van der Waals surface area (Å²) >= 11 is 0. The first-order valence-electron chi connectivity index (χ1n) is 5.98. The van der Waals surface area contributed by atoms with Gasteiger partial charge in [0, 0.05) is 30.1 Å². The van der Waals surface area contributed by atoms with Crippen molar-refractivity contribution in [2.45, 2.75) is 6.42 Å². The number of nitro groups is 1. The minimum absolute atomic E-state index is 0.0949. The third-order valence-corrected chi connectivity index (χ3v) is 2.78. The lowest BCUT2D eigenvalue weighted by molar-refractivity contribution is -0.384. The average Bonchev–Trinajstić information content (AvgIpc) is 2.41. The number of anilines is 2. The fourth-order valence-corrected chi connectivity index (χ4v) is 1.76. The van der Waals surface area contributed by atoms with Crippen LogP contribution in [-0.2, 0) is 6.42 Å². The number of benzene rings is 2. The highest BCUT2D eigenvalue weighted by Gasteiger charge is 2.04. The molecule has 0 aliphatic heterocycles. The van der Waals surface area contributed by atoms with Crippen molar-refractivity contribution in [2.75, 3.05) is 17.6 Å². The zero-order valence-electron chi connectivity index (χ0n) is 10.4. The van der Waals surface area contributed by atoms with E-state index in [0.717, 1.165) is 17.8 Å². The van der Waals surface area contributed by atoms with Crippen LogP contribution in [0.5, 0.6) is 0 Å². The second-order valence-corrected chi connectivity index (χ2v) is 4.23. The summed E-state index contributed by atoms with van der Waals surface area (Å²) in [6, 6.07) is 14.2. The smallest absolute Gasteiger partial charge is 0.271 e. The monoisotopic (exact) mass is 257 g/mol. The maximum atomic E-state index is 10.6. The van der Waals surface area contributed by atoms with Crippen LogP contribution in [0.25, 0.3) is 0 Å². The van der Waals surface area contributed by atoms with Gasteiger partial charge in [-0.25, -0.2) is 0 Å². The van der Waals surface area contributed by atoms with Crippen molar-refractivity contribution >= 4 is 17.1 Å².